The van der Waals surface area contributed by atoms with Gasteiger partial charge in [0.25, 0.3) is 0 Å². The first-order valence-corrected chi connectivity index (χ1v) is 6.98. The van der Waals surface area contributed by atoms with Crippen molar-refractivity contribution in [2.75, 3.05) is 0 Å². The summed E-state index contributed by atoms with van der Waals surface area (Å²) in [4.78, 5) is 18.3. The number of hydrogen-bond donors (Lipinski definition) is 1. The average Bonchev–Trinajstić information content (AvgIpc) is 2.32. The Bertz CT molecular complexity index is 432. The van der Waals surface area contributed by atoms with E-state index in [1.807, 2.05) is 30.9 Å². The maximum absolute atomic E-state index is 12.1. The lowest BCUT2D eigenvalue weighted by atomic mass is 9.92. The quantitative estimate of drug-likeness (QED) is 0.911. The predicted octanol–water partition coefficient (Wildman–Crippen LogP) is 2.24. The van der Waals surface area contributed by atoms with E-state index in [9.17, 15) is 4.79 Å². The van der Waals surface area contributed by atoms with Crippen LogP contribution in [0.25, 0.3) is 0 Å². The number of carbonyl (C=O) groups excluding carboxylic acids is 1. The number of likely N-dealkylation sites (tertiary alicyclic amines) is 1. The first-order valence-electron chi connectivity index (χ1n) is 6.19. The van der Waals surface area contributed by atoms with E-state index < -0.39 is 0 Å². The maximum Gasteiger partial charge on any atom is 0.223 e. The highest BCUT2D eigenvalue weighted by atomic mass is 79.9. The molecule has 5 heteroatoms. The molecule has 1 aromatic heterocycles. The van der Waals surface area contributed by atoms with Gasteiger partial charge in [-0.2, -0.15) is 0 Å². The molecule has 0 spiro atoms. The van der Waals surface area contributed by atoms with E-state index in [1.165, 1.54) is 0 Å². The summed E-state index contributed by atoms with van der Waals surface area (Å²) in [5, 5.41) is 0. The second-order valence-corrected chi connectivity index (χ2v) is 5.86. The molecular formula is C13H18BrN3O. The zero-order valence-corrected chi connectivity index (χ0v) is 12.2. The second kappa shape index (κ2) is 5.36. The molecule has 1 aromatic rings. The Balaban J connectivity index is 2.36. The van der Waals surface area contributed by atoms with Gasteiger partial charge in [-0.15, -0.1) is 0 Å². The van der Waals surface area contributed by atoms with E-state index >= 15 is 0 Å². The Kier molecular flexibility index (Phi) is 4.02. The van der Waals surface area contributed by atoms with Gasteiger partial charge in [0, 0.05) is 29.2 Å². The van der Waals surface area contributed by atoms with Crippen LogP contribution >= 0.6 is 15.9 Å². The summed E-state index contributed by atoms with van der Waals surface area (Å²) in [6.07, 6.45) is 3.01. The Morgan fingerprint density at radius 2 is 2.22 bits per heavy atom. The normalized spacial score (nSPS) is 24.7. The highest BCUT2D eigenvalue weighted by molar-refractivity contribution is 9.10. The molecule has 2 atom stereocenters. The number of aromatic nitrogens is 1. The van der Waals surface area contributed by atoms with Crippen LogP contribution in [0.5, 0.6) is 0 Å². The Morgan fingerprint density at radius 3 is 2.78 bits per heavy atom. The Morgan fingerprint density at radius 1 is 1.50 bits per heavy atom. The van der Waals surface area contributed by atoms with Gasteiger partial charge in [0.05, 0.1) is 11.7 Å². The average molecular weight is 312 g/mol. The summed E-state index contributed by atoms with van der Waals surface area (Å²) in [7, 11) is 0. The van der Waals surface area contributed by atoms with Crippen molar-refractivity contribution in [3.8, 4) is 0 Å². The highest BCUT2D eigenvalue weighted by Crippen LogP contribution is 2.31. The van der Waals surface area contributed by atoms with Crippen molar-refractivity contribution in [2.45, 2.75) is 44.8 Å². The molecule has 0 aromatic carbocycles. The van der Waals surface area contributed by atoms with Gasteiger partial charge < -0.3 is 10.6 Å². The monoisotopic (exact) mass is 311 g/mol. The van der Waals surface area contributed by atoms with Crippen LogP contribution in [0, 0.1) is 0 Å². The van der Waals surface area contributed by atoms with Crippen molar-refractivity contribution in [1.29, 1.82) is 0 Å². The van der Waals surface area contributed by atoms with E-state index in [-0.39, 0.29) is 24.0 Å². The summed E-state index contributed by atoms with van der Waals surface area (Å²) in [6, 6.07) is 3.85. The standard InChI is InChI=1S/C13H18BrN3O/c1-8(2)17-12(18)6-4-10(15)13(17)11-5-3-9(14)7-16-11/h3,5,7-8,10,13H,4,6,15H2,1-2H3. The number of hydrogen-bond acceptors (Lipinski definition) is 3. The molecule has 1 aliphatic rings. The summed E-state index contributed by atoms with van der Waals surface area (Å²) >= 11 is 3.37. The molecule has 1 amide bonds. The van der Waals surface area contributed by atoms with Gasteiger partial charge in [0.2, 0.25) is 5.91 Å². The van der Waals surface area contributed by atoms with Gasteiger partial charge in [-0.05, 0) is 48.3 Å². The molecule has 2 N–H and O–H groups in total. The lowest BCUT2D eigenvalue weighted by Gasteiger charge is -2.41. The highest BCUT2D eigenvalue weighted by Gasteiger charge is 2.36. The third-order valence-electron chi connectivity index (χ3n) is 3.29. The van der Waals surface area contributed by atoms with Gasteiger partial charge in [-0.1, -0.05) is 0 Å². The SMILES string of the molecule is CC(C)N1C(=O)CCC(N)C1c1ccc(Br)cn1. The van der Waals surface area contributed by atoms with E-state index in [2.05, 4.69) is 20.9 Å². The molecule has 18 heavy (non-hydrogen) atoms. The number of halogens is 1. The number of carbonyl (C=O) groups is 1. The zero-order valence-electron chi connectivity index (χ0n) is 10.6. The molecule has 1 saturated heterocycles. The van der Waals surface area contributed by atoms with Gasteiger partial charge in [0.15, 0.2) is 0 Å². The van der Waals surface area contributed by atoms with Gasteiger partial charge >= 0.3 is 0 Å². The number of nitrogens with zero attached hydrogens (tertiary/aromatic N) is 2. The van der Waals surface area contributed by atoms with Crippen molar-refractivity contribution in [2.24, 2.45) is 5.73 Å². The minimum atomic E-state index is -0.112. The van der Waals surface area contributed by atoms with Crippen molar-refractivity contribution in [3.63, 3.8) is 0 Å². The van der Waals surface area contributed by atoms with Crippen LogP contribution in [-0.4, -0.2) is 27.9 Å². The molecular weight excluding hydrogens is 294 g/mol. The molecule has 2 rings (SSSR count). The van der Waals surface area contributed by atoms with Crippen LogP contribution < -0.4 is 5.73 Å². The first kappa shape index (κ1) is 13.5. The smallest absolute Gasteiger partial charge is 0.223 e. The number of amides is 1. The van der Waals surface area contributed by atoms with E-state index in [4.69, 9.17) is 5.73 Å². The van der Waals surface area contributed by atoms with Crippen molar-refractivity contribution < 1.29 is 4.79 Å². The van der Waals surface area contributed by atoms with Gasteiger partial charge in [-0.3, -0.25) is 9.78 Å². The van der Waals surface area contributed by atoms with Crippen molar-refractivity contribution in [1.82, 2.24) is 9.88 Å². The molecule has 98 valence electrons. The molecule has 0 aliphatic carbocycles. The van der Waals surface area contributed by atoms with Crippen molar-refractivity contribution in [3.05, 3.63) is 28.5 Å². The summed E-state index contributed by atoms with van der Waals surface area (Å²) in [5.74, 6) is 0.168. The Hall–Kier alpha value is -0.940. The fraction of sp³-hybridized carbons (Fsp3) is 0.538. The fourth-order valence-corrected chi connectivity index (χ4v) is 2.71. The molecule has 1 fully saturated rings. The minimum Gasteiger partial charge on any atom is -0.330 e. The van der Waals surface area contributed by atoms with E-state index in [0.717, 1.165) is 16.6 Å². The van der Waals surface area contributed by atoms with E-state index in [0.29, 0.717) is 6.42 Å². The van der Waals surface area contributed by atoms with Crippen LogP contribution in [0.4, 0.5) is 0 Å². The molecule has 0 radical (unpaired) electrons. The first-order chi connectivity index (χ1) is 8.50. The Labute approximate surface area is 116 Å². The van der Waals surface area contributed by atoms with Gasteiger partial charge in [0.1, 0.15) is 0 Å². The molecule has 0 saturated carbocycles. The summed E-state index contributed by atoms with van der Waals surface area (Å²) in [5.41, 5.74) is 7.06. The van der Waals surface area contributed by atoms with Crippen LogP contribution in [0.1, 0.15) is 38.4 Å². The molecule has 1 aliphatic heterocycles. The summed E-state index contributed by atoms with van der Waals surface area (Å²) < 4.78 is 0.929. The number of nitrogens with two attached hydrogens (primary N) is 1. The molecule has 2 heterocycles. The van der Waals surface area contributed by atoms with E-state index in [1.54, 1.807) is 6.20 Å². The number of rotatable bonds is 2. The van der Waals surface area contributed by atoms with Crippen molar-refractivity contribution >= 4 is 21.8 Å². The summed E-state index contributed by atoms with van der Waals surface area (Å²) in [6.45, 7) is 4.03. The lowest BCUT2D eigenvalue weighted by molar-refractivity contribution is -0.139. The van der Waals surface area contributed by atoms with Crippen LogP contribution in [0.2, 0.25) is 0 Å². The number of pyridine rings is 1. The van der Waals surface area contributed by atoms with Gasteiger partial charge in [-0.25, -0.2) is 0 Å². The third kappa shape index (κ3) is 2.57. The van der Waals surface area contributed by atoms with Crippen LogP contribution in [0.3, 0.4) is 0 Å². The third-order valence-corrected chi connectivity index (χ3v) is 3.76. The van der Waals surface area contributed by atoms with Crippen LogP contribution in [0.15, 0.2) is 22.8 Å². The second-order valence-electron chi connectivity index (χ2n) is 4.94. The lowest BCUT2D eigenvalue weighted by Crippen LogP contribution is -2.51. The molecule has 0 bridgehead atoms. The largest absolute Gasteiger partial charge is 0.330 e. The fourth-order valence-electron chi connectivity index (χ4n) is 2.47. The number of piperidine rings is 1. The van der Waals surface area contributed by atoms with Crippen LogP contribution in [-0.2, 0) is 4.79 Å². The predicted molar refractivity (Wildman–Crippen MR) is 73.9 cm³/mol. The topological polar surface area (TPSA) is 59.2 Å². The molecule has 2 unspecified atom stereocenters. The maximum atomic E-state index is 12.1. The zero-order chi connectivity index (χ0) is 13.3. The minimum absolute atomic E-state index is 0.0428. The molecule has 4 nitrogen and oxygen atoms in total.